The largest absolute Gasteiger partial charge is 0.493 e. The molecular formula is C18H27O3. The topological polar surface area (TPSA) is 35.5 Å². The van der Waals surface area contributed by atoms with Gasteiger partial charge in [0, 0.05) is 6.42 Å². The molecule has 0 heterocycles. The lowest BCUT2D eigenvalue weighted by molar-refractivity contribution is 0.227. The van der Waals surface area contributed by atoms with E-state index < -0.39 is 0 Å². The molecule has 0 aliphatic rings. The monoisotopic (exact) mass is 291 g/mol. The molecule has 1 radical (unpaired) electrons. The number of rotatable bonds is 11. The summed E-state index contributed by atoms with van der Waals surface area (Å²) >= 11 is 0. The van der Waals surface area contributed by atoms with Crippen molar-refractivity contribution in [1.82, 2.24) is 0 Å². The molecule has 1 aromatic rings. The van der Waals surface area contributed by atoms with Gasteiger partial charge in [0.25, 0.3) is 0 Å². The fourth-order valence-electron chi connectivity index (χ4n) is 2.46. The Hall–Kier alpha value is -1.51. The highest BCUT2D eigenvalue weighted by atomic mass is 16.5. The van der Waals surface area contributed by atoms with Gasteiger partial charge in [-0.1, -0.05) is 58.2 Å². The van der Waals surface area contributed by atoms with E-state index in [9.17, 15) is 4.79 Å². The minimum atomic E-state index is 0.110. The van der Waals surface area contributed by atoms with Gasteiger partial charge < -0.3 is 9.47 Å². The van der Waals surface area contributed by atoms with Crippen LogP contribution in [0.3, 0.4) is 0 Å². The molecule has 1 rings (SSSR count). The third-order valence-electron chi connectivity index (χ3n) is 3.73. The van der Waals surface area contributed by atoms with Gasteiger partial charge in [0.05, 0.1) is 13.2 Å². The molecule has 1 aromatic carbocycles. The normalized spacial score (nSPS) is 11.2. The highest BCUT2D eigenvalue weighted by Gasteiger charge is 2.23. The van der Waals surface area contributed by atoms with Crippen LogP contribution in [0.4, 0.5) is 0 Å². The van der Waals surface area contributed by atoms with Gasteiger partial charge >= 0.3 is 6.47 Å². The van der Waals surface area contributed by atoms with Crippen LogP contribution in [0.5, 0.6) is 5.75 Å². The van der Waals surface area contributed by atoms with Crippen molar-refractivity contribution in [1.29, 1.82) is 0 Å². The van der Waals surface area contributed by atoms with Crippen LogP contribution in [-0.2, 0) is 14.9 Å². The molecule has 21 heavy (non-hydrogen) atoms. The van der Waals surface area contributed by atoms with Gasteiger partial charge in [-0.15, -0.1) is 0 Å². The first kappa shape index (κ1) is 17.5. The number of unbranched alkanes of at least 4 members (excludes halogenated alkanes) is 2. The Morgan fingerprint density at radius 3 is 2.57 bits per heavy atom. The van der Waals surface area contributed by atoms with Crippen LogP contribution in [0.2, 0.25) is 0 Å². The Labute approximate surface area is 128 Å². The Bertz CT molecular complexity index is 413. The molecule has 0 bridgehead atoms. The van der Waals surface area contributed by atoms with Crippen molar-refractivity contribution in [2.24, 2.45) is 0 Å². The zero-order chi connectivity index (χ0) is 15.6. The molecule has 0 aliphatic heterocycles. The van der Waals surface area contributed by atoms with Gasteiger partial charge in [-0.3, -0.25) is 0 Å². The minimum absolute atomic E-state index is 0.110. The summed E-state index contributed by atoms with van der Waals surface area (Å²) in [6, 6.07) is 8.23. The summed E-state index contributed by atoms with van der Waals surface area (Å²) in [6.07, 6.45) is 5.58. The molecule has 0 saturated carbocycles. The summed E-state index contributed by atoms with van der Waals surface area (Å²) in [6.45, 7) is 9.09. The lowest BCUT2D eigenvalue weighted by atomic mass is 9.79. The molecule has 3 heteroatoms. The molecule has 117 valence electrons. The van der Waals surface area contributed by atoms with Gasteiger partial charge in [-0.2, -0.15) is 0 Å². The average Bonchev–Trinajstić information content (AvgIpc) is 2.47. The predicted octanol–water partition coefficient (Wildman–Crippen LogP) is 4.40. The third kappa shape index (κ3) is 6.19. The van der Waals surface area contributed by atoms with Crippen molar-refractivity contribution >= 4 is 6.47 Å². The molecule has 0 fully saturated rings. The predicted molar refractivity (Wildman–Crippen MR) is 85.4 cm³/mol. The van der Waals surface area contributed by atoms with Crippen LogP contribution in [0.15, 0.2) is 24.3 Å². The van der Waals surface area contributed by atoms with Crippen molar-refractivity contribution in [3.05, 3.63) is 29.8 Å². The van der Waals surface area contributed by atoms with E-state index in [0.717, 1.165) is 12.2 Å². The number of para-hydroxylation sites is 1. The van der Waals surface area contributed by atoms with Crippen LogP contribution >= 0.6 is 0 Å². The van der Waals surface area contributed by atoms with E-state index in [-0.39, 0.29) is 5.41 Å². The second kappa shape index (κ2) is 9.43. The fourth-order valence-corrected chi connectivity index (χ4v) is 2.46. The maximum absolute atomic E-state index is 9.96. The smallest absolute Gasteiger partial charge is 0.417 e. The van der Waals surface area contributed by atoms with Crippen LogP contribution < -0.4 is 4.74 Å². The summed E-state index contributed by atoms with van der Waals surface area (Å²) in [5, 5.41) is 0. The van der Waals surface area contributed by atoms with Crippen LogP contribution in [-0.4, -0.2) is 19.7 Å². The summed E-state index contributed by atoms with van der Waals surface area (Å²) < 4.78 is 10.4. The summed E-state index contributed by atoms with van der Waals surface area (Å²) in [4.78, 5) is 9.96. The third-order valence-corrected chi connectivity index (χ3v) is 3.73. The van der Waals surface area contributed by atoms with Gasteiger partial charge in [0.15, 0.2) is 0 Å². The van der Waals surface area contributed by atoms with E-state index in [4.69, 9.17) is 4.74 Å². The van der Waals surface area contributed by atoms with E-state index >= 15 is 0 Å². The maximum atomic E-state index is 9.96. The molecule has 0 amide bonds. The van der Waals surface area contributed by atoms with E-state index in [1.54, 1.807) is 0 Å². The molecular weight excluding hydrogens is 264 g/mol. The maximum Gasteiger partial charge on any atom is 0.417 e. The van der Waals surface area contributed by atoms with Gasteiger partial charge in [-0.05, 0) is 23.5 Å². The molecule has 0 aliphatic carbocycles. The van der Waals surface area contributed by atoms with Gasteiger partial charge in [-0.25, -0.2) is 4.79 Å². The highest BCUT2D eigenvalue weighted by molar-refractivity contribution is 5.39. The van der Waals surface area contributed by atoms with E-state index in [2.05, 4.69) is 37.6 Å². The summed E-state index contributed by atoms with van der Waals surface area (Å²) in [7, 11) is 0. The zero-order valence-corrected chi connectivity index (χ0v) is 13.5. The zero-order valence-electron chi connectivity index (χ0n) is 13.5. The van der Waals surface area contributed by atoms with E-state index in [1.165, 1.54) is 31.3 Å². The van der Waals surface area contributed by atoms with Crippen molar-refractivity contribution in [3.63, 3.8) is 0 Å². The molecule has 0 aromatic heterocycles. The Morgan fingerprint density at radius 1 is 1.10 bits per heavy atom. The second-order valence-corrected chi connectivity index (χ2v) is 5.97. The van der Waals surface area contributed by atoms with Crippen molar-refractivity contribution in [3.8, 4) is 5.75 Å². The first-order chi connectivity index (χ1) is 10.1. The van der Waals surface area contributed by atoms with Crippen LogP contribution in [0.1, 0.15) is 58.4 Å². The standard InChI is InChI=1S/C18H27O3/c1-4-5-8-12-18(2,3)16-10-6-7-11-17(16)21-14-9-13-20-15-19/h6-7,10-11H,4-5,8-9,12-14H2,1-3H3. The minimum Gasteiger partial charge on any atom is -0.493 e. The van der Waals surface area contributed by atoms with Gasteiger partial charge in [0.2, 0.25) is 0 Å². The van der Waals surface area contributed by atoms with E-state index in [1.807, 2.05) is 12.1 Å². The molecule has 3 nitrogen and oxygen atoms in total. The summed E-state index contributed by atoms with van der Waals surface area (Å²) in [5.74, 6) is 0.939. The van der Waals surface area contributed by atoms with Crippen LogP contribution in [0, 0.1) is 0 Å². The van der Waals surface area contributed by atoms with Crippen LogP contribution in [0.25, 0.3) is 0 Å². The molecule has 0 N–H and O–H groups in total. The molecule has 0 unspecified atom stereocenters. The first-order valence-electron chi connectivity index (χ1n) is 7.83. The lowest BCUT2D eigenvalue weighted by Gasteiger charge is -2.27. The molecule has 0 saturated heterocycles. The lowest BCUT2D eigenvalue weighted by Crippen LogP contribution is -2.19. The number of carbonyl (C=O) groups excluding carboxylic acids is 1. The number of hydrogen-bond acceptors (Lipinski definition) is 3. The van der Waals surface area contributed by atoms with E-state index in [0.29, 0.717) is 19.6 Å². The SMILES string of the molecule is CCCCCC(C)(C)c1ccccc1OCCCO[C]=O. The number of hydrogen-bond donors (Lipinski definition) is 0. The molecule has 0 spiro atoms. The average molecular weight is 291 g/mol. The Balaban J connectivity index is 2.62. The van der Waals surface area contributed by atoms with Crippen molar-refractivity contribution in [2.45, 2.75) is 58.3 Å². The second-order valence-electron chi connectivity index (χ2n) is 5.97. The Kier molecular flexibility index (Phi) is 7.88. The molecule has 0 atom stereocenters. The number of ether oxygens (including phenoxy) is 2. The Morgan fingerprint density at radius 2 is 1.86 bits per heavy atom. The quantitative estimate of drug-likeness (QED) is 0.567. The fraction of sp³-hybridized carbons (Fsp3) is 0.611. The van der Waals surface area contributed by atoms with Gasteiger partial charge in [0.1, 0.15) is 5.75 Å². The van der Waals surface area contributed by atoms with Crippen molar-refractivity contribution in [2.75, 3.05) is 13.2 Å². The van der Waals surface area contributed by atoms with Crippen molar-refractivity contribution < 1.29 is 14.3 Å². The highest BCUT2D eigenvalue weighted by Crippen LogP contribution is 2.35. The summed E-state index contributed by atoms with van der Waals surface area (Å²) in [5.41, 5.74) is 1.36. The first-order valence-corrected chi connectivity index (χ1v) is 7.83. The number of benzene rings is 1.